The van der Waals surface area contributed by atoms with Crippen LogP contribution in [0.5, 0.6) is 11.5 Å². The fraction of sp³-hybridized carbons (Fsp3) is 0.136. The lowest BCUT2D eigenvalue weighted by Gasteiger charge is -2.24. The molecule has 3 aromatic carbocycles. The number of rotatable bonds is 7. The van der Waals surface area contributed by atoms with Gasteiger partial charge in [-0.3, -0.25) is 4.31 Å². The smallest absolute Gasteiger partial charge is 0.416 e. The zero-order chi connectivity index (χ0) is 23.4. The fourth-order valence-corrected chi connectivity index (χ4v) is 4.22. The van der Waals surface area contributed by atoms with Gasteiger partial charge in [0.25, 0.3) is 10.0 Å². The first-order valence-electron chi connectivity index (χ1n) is 9.21. The minimum absolute atomic E-state index is 0.122. The predicted molar refractivity (Wildman–Crippen MR) is 111 cm³/mol. The van der Waals surface area contributed by atoms with Crippen molar-refractivity contribution in [3.05, 3.63) is 84.4 Å². The number of methoxy groups -OCH3 is 1. The summed E-state index contributed by atoms with van der Waals surface area (Å²) in [7, 11) is -2.91. The maximum absolute atomic E-state index is 13.2. The van der Waals surface area contributed by atoms with E-state index in [1.54, 1.807) is 6.07 Å². The van der Waals surface area contributed by atoms with Crippen LogP contribution in [0.3, 0.4) is 0 Å². The lowest BCUT2D eigenvalue weighted by atomic mass is 10.2. The summed E-state index contributed by atoms with van der Waals surface area (Å²) in [5.41, 5.74) is -1.37. The van der Waals surface area contributed by atoms with Gasteiger partial charge in [-0.2, -0.15) is 13.2 Å². The predicted octanol–water partition coefficient (Wildman–Crippen LogP) is 4.51. The maximum Gasteiger partial charge on any atom is 0.416 e. The highest BCUT2D eigenvalue weighted by Gasteiger charge is 2.33. The Bertz CT molecular complexity index is 1180. The van der Waals surface area contributed by atoms with Crippen LogP contribution in [-0.2, 0) is 21.0 Å². The molecule has 0 heterocycles. The van der Waals surface area contributed by atoms with E-state index < -0.39 is 34.3 Å². The van der Waals surface area contributed by atoms with E-state index in [4.69, 9.17) is 9.47 Å². The van der Waals surface area contributed by atoms with Crippen LogP contribution < -0.4 is 13.8 Å². The van der Waals surface area contributed by atoms with Crippen molar-refractivity contribution >= 4 is 21.7 Å². The number of sulfonamides is 1. The second-order valence-corrected chi connectivity index (χ2v) is 8.38. The van der Waals surface area contributed by atoms with E-state index in [-0.39, 0.29) is 16.3 Å². The number of hydrogen-bond acceptors (Lipinski definition) is 5. The molecule has 0 radical (unpaired) electrons. The molecule has 10 heteroatoms. The second-order valence-electron chi connectivity index (χ2n) is 6.52. The number of halogens is 3. The van der Waals surface area contributed by atoms with Gasteiger partial charge in [0, 0.05) is 0 Å². The maximum atomic E-state index is 13.2. The zero-order valence-electron chi connectivity index (χ0n) is 16.7. The van der Waals surface area contributed by atoms with Crippen molar-refractivity contribution in [2.45, 2.75) is 11.1 Å². The highest BCUT2D eigenvalue weighted by atomic mass is 32.2. The lowest BCUT2D eigenvalue weighted by molar-refractivity contribution is -0.137. The van der Waals surface area contributed by atoms with Crippen LogP contribution in [0.2, 0.25) is 0 Å². The van der Waals surface area contributed by atoms with Gasteiger partial charge in [0.2, 0.25) is 0 Å². The van der Waals surface area contributed by atoms with Crippen LogP contribution in [0.1, 0.15) is 5.56 Å². The molecule has 0 bridgehead atoms. The van der Waals surface area contributed by atoms with Crippen LogP contribution in [0.4, 0.5) is 18.9 Å². The highest BCUT2D eigenvalue weighted by molar-refractivity contribution is 7.92. The molecule has 0 saturated heterocycles. The molecule has 0 fully saturated rings. The Kier molecular flexibility index (Phi) is 6.73. The van der Waals surface area contributed by atoms with Crippen molar-refractivity contribution < 1.29 is 35.9 Å². The average Bonchev–Trinajstić information content (AvgIpc) is 2.78. The second kappa shape index (κ2) is 9.31. The van der Waals surface area contributed by atoms with Gasteiger partial charge in [0.15, 0.2) is 0 Å². The van der Waals surface area contributed by atoms with Gasteiger partial charge in [0.1, 0.15) is 18.0 Å². The molecule has 0 amide bonds. The lowest BCUT2D eigenvalue weighted by Crippen LogP contribution is -2.37. The van der Waals surface area contributed by atoms with Gasteiger partial charge in [0.05, 0.1) is 23.3 Å². The summed E-state index contributed by atoms with van der Waals surface area (Å²) >= 11 is 0. The number of hydrogen-bond donors (Lipinski definition) is 0. The normalized spacial score (nSPS) is 11.6. The molecule has 0 atom stereocenters. The minimum Gasteiger partial charge on any atom is -0.497 e. The van der Waals surface area contributed by atoms with Crippen LogP contribution in [0.15, 0.2) is 83.8 Å². The summed E-state index contributed by atoms with van der Waals surface area (Å²) in [6.07, 6.45) is -4.69. The highest BCUT2D eigenvalue weighted by Crippen LogP contribution is 2.33. The molecule has 168 valence electrons. The average molecular weight is 465 g/mol. The van der Waals surface area contributed by atoms with Gasteiger partial charge in [-0.1, -0.05) is 24.3 Å². The van der Waals surface area contributed by atoms with Crippen LogP contribution in [0.25, 0.3) is 0 Å². The van der Waals surface area contributed by atoms with E-state index >= 15 is 0 Å². The summed E-state index contributed by atoms with van der Waals surface area (Å²) in [5.74, 6) is -0.342. The van der Waals surface area contributed by atoms with E-state index in [0.717, 1.165) is 12.1 Å². The SMILES string of the molecule is COc1ccc(OC(=O)CN(c2cccc(C(F)(F)F)c2)S(=O)(=O)c2ccccc2)cc1. The van der Waals surface area contributed by atoms with Gasteiger partial charge in [-0.15, -0.1) is 0 Å². The Hall–Kier alpha value is -3.53. The molecular weight excluding hydrogens is 447 g/mol. The van der Waals surface area contributed by atoms with Crippen LogP contribution >= 0.6 is 0 Å². The standard InChI is InChI=1S/C22H18F3NO5S/c1-30-18-10-12-19(13-11-18)31-21(27)15-26(32(28,29)20-8-3-2-4-9-20)17-7-5-6-16(14-17)22(23,24)25/h2-14H,15H2,1H3. The molecule has 0 aromatic heterocycles. The number of carbonyl (C=O) groups is 1. The van der Waals surface area contributed by atoms with Gasteiger partial charge in [-0.25, -0.2) is 13.2 Å². The summed E-state index contributed by atoms with van der Waals surface area (Å²) in [6, 6.07) is 16.8. The Labute approximate surface area is 182 Å². The van der Waals surface area contributed by atoms with Crippen molar-refractivity contribution in [3.63, 3.8) is 0 Å². The van der Waals surface area contributed by atoms with E-state index in [2.05, 4.69) is 0 Å². The zero-order valence-corrected chi connectivity index (χ0v) is 17.6. The first-order chi connectivity index (χ1) is 15.1. The number of benzene rings is 3. The molecule has 0 N–H and O–H groups in total. The topological polar surface area (TPSA) is 72.9 Å². The van der Waals surface area contributed by atoms with Crippen molar-refractivity contribution in [2.75, 3.05) is 18.0 Å². The number of anilines is 1. The molecule has 3 rings (SSSR count). The summed E-state index contributed by atoms with van der Waals surface area (Å²) < 4.78 is 76.7. The molecular formula is C22H18F3NO5S. The van der Waals surface area contributed by atoms with Gasteiger partial charge in [-0.05, 0) is 54.6 Å². The Balaban J connectivity index is 1.96. The fourth-order valence-electron chi connectivity index (χ4n) is 2.80. The number of carbonyl (C=O) groups excluding carboxylic acids is 1. The van der Waals surface area contributed by atoms with Gasteiger partial charge < -0.3 is 9.47 Å². The van der Waals surface area contributed by atoms with Crippen LogP contribution in [0, 0.1) is 0 Å². The first kappa shape index (κ1) is 23.1. The van der Waals surface area contributed by atoms with E-state index in [1.165, 1.54) is 61.7 Å². The quantitative estimate of drug-likeness (QED) is 0.379. The molecule has 0 saturated carbocycles. The largest absolute Gasteiger partial charge is 0.497 e. The van der Waals surface area contributed by atoms with Crippen molar-refractivity contribution in [1.82, 2.24) is 0 Å². The van der Waals surface area contributed by atoms with Crippen molar-refractivity contribution in [3.8, 4) is 11.5 Å². The van der Waals surface area contributed by atoms with E-state index in [9.17, 15) is 26.4 Å². The molecule has 6 nitrogen and oxygen atoms in total. The molecule has 0 aliphatic heterocycles. The molecule has 0 aliphatic rings. The Morgan fingerprint density at radius 2 is 1.53 bits per heavy atom. The van der Waals surface area contributed by atoms with E-state index in [0.29, 0.717) is 16.1 Å². The monoisotopic (exact) mass is 465 g/mol. The van der Waals surface area contributed by atoms with Crippen LogP contribution in [-0.4, -0.2) is 28.0 Å². The molecule has 32 heavy (non-hydrogen) atoms. The molecule has 0 unspecified atom stereocenters. The first-order valence-corrected chi connectivity index (χ1v) is 10.6. The summed E-state index contributed by atoms with van der Waals surface area (Å²) in [6.45, 7) is -0.843. The molecule has 0 spiro atoms. The summed E-state index contributed by atoms with van der Waals surface area (Å²) in [5, 5.41) is 0. The summed E-state index contributed by atoms with van der Waals surface area (Å²) in [4.78, 5) is 12.3. The third kappa shape index (κ3) is 5.38. The van der Waals surface area contributed by atoms with Crippen molar-refractivity contribution in [1.29, 1.82) is 0 Å². The van der Waals surface area contributed by atoms with Gasteiger partial charge >= 0.3 is 12.1 Å². The third-order valence-corrected chi connectivity index (χ3v) is 6.14. The number of ether oxygens (including phenoxy) is 2. The molecule has 0 aliphatic carbocycles. The Morgan fingerprint density at radius 1 is 0.906 bits per heavy atom. The number of alkyl halides is 3. The van der Waals surface area contributed by atoms with E-state index in [1.807, 2.05) is 0 Å². The Morgan fingerprint density at radius 3 is 2.12 bits per heavy atom. The number of esters is 1. The third-order valence-electron chi connectivity index (χ3n) is 4.36. The van der Waals surface area contributed by atoms with Crippen molar-refractivity contribution in [2.24, 2.45) is 0 Å². The molecule has 3 aromatic rings. The minimum atomic E-state index is -4.69. The number of nitrogens with zero attached hydrogens (tertiary/aromatic N) is 1.